The second-order valence-electron chi connectivity index (χ2n) is 6.12. The SMILES string of the molecule is C[C@H](NC(=O)c1ccc(NC2CC2)c([N+](=O)[O-])c1)c1ccccc1Br. The summed E-state index contributed by atoms with van der Waals surface area (Å²) in [5, 5.41) is 17.3. The fourth-order valence-corrected chi connectivity index (χ4v) is 3.21. The Morgan fingerprint density at radius 3 is 2.64 bits per heavy atom. The molecular weight excluding hydrogens is 386 g/mol. The van der Waals surface area contributed by atoms with E-state index in [4.69, 9.17) is 0 Å². The smallest absolute Gasteiger partial charge is 0.293 e. The summed E-state index contributed by atoms with van der Waals surface area (Å²) in [5.74, 6) is -0.343. The number of hydrogen-bond acceptors (Lipinski definition) is 4. The van der Waals surface area contributed by atoms with Crippen LogP contribution in [-0.4, -0.2) is 16.9 Å². The first-order valence-electron chi connectivity index (χ1n) is 8.06. The van der Waals surface area contributed by atoms with Gasteiger partial charge >= 0.3 is 0 Å². The third-order valence-corrected chi connectivity index (χ3v) is 4.84. The van der Waals surface area contributed by atoms with E-state index in [2.05, 4.69) is 26.6 Å². The zero-order valence-electron chi connectivity index (χ0n) is 13.7. The van der Waals surface area contributed by atoms with Crippen molar-refractivity contribution in [3.05, 3.63) is 68.2 Å². The molecule has 25 heavy (non-hydrogen) atoms. The summed E-state index contributed by atoms with van der Waals surface area (Å²) in [4.78, 5) is 23.3. The van der Waals surface area contributed by atoms with Crippen LogP contribution in [-0.2, 0) is 0 Å². The van der Waals surface area contributed by atoms with Gasteiger partial charge in [0.25, 0.3) is 11.6 Å². The van der Waals surface area contributed by atoms with Crippen LogP contribution in [0.15, 0.2) is 46.9 Å². The maximum atomic E-state index is 12.5. The van der Waals surface area contributed by atoms with Crippen molar-refractivity contribution in [2.45, 2.75) is 31.8 Å². The van der Waals surface area contributed by atoms with Gasteiger partial charge in [-0.2, -0.15) is 0 Å². The summed E-state index contributed by atoms with van der Waals surface area (Å²) in [6.07, 6.45) is 2.03. The predicted octanol–water partition coefficient (Wildman–Crippen LogP) is 4.42. The molecule has 7 heteroatoms. The molecule has 130 valence electrons. The Labute approximate surface area is 153 Å². The van der Waals surface area contributed by atoms with Crippen LogP contribution in [0.25, 0.3) is 0 Å². The van der Waals surface area contributed by atoms with E-state index in [0.717, 1.165) is 22.9 Å². The van der Waals surface area contributed by atoms with Crippen LogP contribution in [0.5, 0.6) is 0 Å². The molecular formula is C18H18BrN3O3. The van der Waals surface area contributed by atoms with Crippen LogP contribution in [0.1, 0.15) is 41.7 Å². The quantitative estimate of drug-likeness (QED) is 0.551. The van der Waals surface area contributed by atoms with E-state index >= 15 is 0 Å². The summed E-state index contributed by atoms with van der Waals surface area (Å²) in [7, 11) is 0. The van der Waals surface area contributed by atoms with Crippen molar-refractivity contribution in [1.82, 2.24) is 5.32 Å². The lowest BCUT2D eigenvalue weighted by Crippen LogP contribution is -2.27. The molecule has 1 fully saturated rings. The molecule has 2 aromatic rings. The first kappa shape index (κ1) is 17.4. The van der Waals surface area contributed by atoms with Crippen molar-refractivity contribution in [1.29, 1.82) is 0 Å². The molecule has 0 heterocycles. The second kappa shape index (κ2) is 7.23. The largest absolute Gasteiger partial charge is 0.377 e. The summed E-state index contributed by atoms with van der Waals surface area (Å²) in [6, 6.07) is 12.2. The topological polar surface area (TPSA) is 84.3 Å². The average Bonchev–Trinajstić information content (AvgIpc) is 3.39. The number of nitrogens with zero attached hydrogens (tertiary/aromatic N) is 1. The Morgan fingerprint density at radius 2 is 2.00 bits per heavy atom. The summed E-state index contributed by atoms with van der Waals surface area (Å²) in [6.45, 7) is 1.87. The van der Waals surface area contributed by atoms with E-state index in [-0.39, 0.29) is 23.2 Å². The molecule has 1 saturated carbocycles. The normalized spacial score (nSPS) is 14.6. The molecule has 0 saturated heterocycles. The molecule has 0 aromatic heterocycles. The molecule has 0 spiro atoms. The van der Waals surface area contributed by atoms with Gasteiger partial charge in [-0.05, 0) is 43.5 Å². The Bertz CT molecular complexity index is 821. The minimum atomic E-state index is -0.460. The van der Waals surface area contributed by atoms with Gasteiger partial charge in [0.15, 0.2) is 0 Å². The highest BCUT2D eigenvalue weighted by Gasteiger charge is 2.25. The molecule has 1 aliphatic carbocycles. The summed E-state index contributed by atoms with van der Waals surface area (Å²) in [5.41, 5.74) is 1.60. The van der Waals surface area contributed by atoms with Crippen LogP contribution < -0.4 is 10.6 Å². The highest BCUT2D eigenvalue weighted by atomic mass is 79.9. The molecule has 0 aliphatic heterocycles. The molecule has 1 atom stereocenters. The number of benzene rings is 2. The Balaban J connectivity index is 1.78. The molecule has 1 aliphatic rings. The van der Waals surface area contributed by atoms with E-state index in [1.807, 2.05) is 31.2 Å². The van der Waals surface area contributed by atoms with Gasteiger partial charge < -0.3 is 10.6 Å². The number of nitrogens with one attached hydrogen (secondary N) is 2. The molecule has 2 aromatic carbocycles. The van der Waals surface area contributed by atoms with Crippen molar-refractivity contribution in [2.75, 3.05) is 5.32 Å². The number of nitro groups is 1. The maximum absolute atomic E-state index is 12.5. The molecule has 2 N–H and O–H groups in total. The Kier molecular flexibility index (Phi) is 5.03. The van der Waals surface area contributed by atoms with Crippen molar-refractivity contribution in [2.24, 2.45) is 0 Å². The first-order chi connectivity index (χ1) is 12.0. The van der Waals surface area contributed by atoms with E-state index in [1.165, 1.54) is 6.07 Å². The van der Waals surface area contributed by atoms with Crippen LogP contribution in [0.4, 0.5) is 11.4 Å². The number of anilines is 1. The van der Waals surface area contributed by atoms with Gasteiger partial charge in [0.05, 0.1) is 11.0 Å². The number of nitro benzene ring substituents is 1. The molecule has 6 nitrogen and oxygen atoms in total. The van der Waals surface area contributed by atoms with Crippen molar-refractivity contribution in [3.63, 3.8) is 0 Å². The lowest BCUT2D eigenvalue weighted by molar-refractivity contribution is -0.384. The number of amides is 1. The van der Waals surface area contributed by atoms with Gasteiger partial charge in [-0.3, -0.25) is 14.9 Å². The van der Waals surface area contributed by atoms with Gasteiger partial charge in [-0.1, -0.05) is 34.1 Å². The van der Waals surface area contributed by atoms with Crippen LogP contribution in [0.2, 0.25) is 0 Å². The van der Waals surface area contributed by atoms with Gasteiger partial charge in [0.1, 0.15) is 5.69 Å². The number of carbonyl (C=O) groups excluding carboxylic acids is 1. The number of carbonyl (C=O) groups is 1. The highest BCUT2D eigenvalue weighted by Crippen LogP contribution is 2.31. The standard InChI is InChI=1S/C18H18BrN3O3/c1-11(14-4-2-3-5-15(14)19)20-18(23)12-6-9-16(21-13-7-8-13)17(10-12)22(24)25/h2-6,9-11,13,21H,7-8H2,1H3,(H,20,23)/t11-/m0/s1. The number of rotatable bonds is 6. The van der Waals surface area contributed by atoms with E-state index < -0.39 is 4.92 Å². The van der Waals surface area contributed by atoms with Crippen LogP contribution >= 0.6 is 15.9 Å². The zero-order chi connectivity index (χ0) is 18.0. The van der Waals surface area contributed by atoms with Crippen molar-refractivity contribution < 1.29 is 9.72 Å². The second-order valence-corrected chi connectivity index (χ2v) is 6.98. The van der Waals surface area contributed by atoms with Crippen molar-refractivity contribution in [3.8, 4) is 0 Å². The van der Waals surface area contributed by atoms with Crippen LogP contribution in [0.3, 0.4) is 0 Å². The molecule has 0 radical (unpaired) electrons. The minimum absolute atomic E-state index is 0.0758. The third-order valence-electron chi connectivity index (χ3n) is 4.11. The van der Waals surface area contributed by atoms with Gasteiger partial charge in [-0.15, -0.1) is 0 Å². The van der Waals surface area contributed by atoms with E-state index in [1.54, 1.807) is 12.1 Å². The molecule has 0 unspecified atom stereocenters. The first-order valence-corrected chi connectivity index (χ1v) is 8.85. The lowest BCUT2D eigenvalue weighted by Gasteiger charge is -2.16. The third kappa shape index (κ3) is 4.17. The number of halogens is 1. The van der Waals surface area contributed by atoms with E-state index in [0.29, 0.717) is 11.7 Å². The molecule has 1 amide bonds. The summed E-state index contributed by atoms with van der Waals surface area (Å²) >= 11 is 3.46. The fourth-order valence-electron chi connectivity index (χ4n) is 2.58. The monoisotopic (exact) mass is 403 g/mol. The number of hydrogen-bond donors (Lipinski definition) is 2. The zero-order valence-corrected chi connectivity index (χ0v) is 15.2. The average molecular weight is 404 g/mol. The Morgan fingerprint density at radius 1 is 1.28 bits per heavy atom. The predicted molar refractivity (Wildman–Crippen MR) is 99.8 cm³/mol. The molecule has 0 bridgehead atoms. The lowest BCUT2D eigenvalue weighted by atomic mass is 10.1. The highest BCUT2D eigenvalue weighted by molar-refractivity contribution is 9.10. The minimum Gasteiger partial charge on any atom is -0.377 e. The van der Waals surface area contributed by atoms with Gasteiger partial charge in [0, 0.05) is 22.1 Å². The Hall–Kier alpha value is -2.41. The summed E-state index contributed by atoms with van der Waals surface area (Å²) < 4.78 is 0.901. The van der Waals surface area contributed by atoms with E-state index in [9.17, 15) is 14.9 Å². The van der Waals surface area contributed by atoms with Crippen molar-refractivity contribution >= 4 is 33.2 Å². The molecule has 3 rings (SSSR count). The van der Waals surface area contributed by atoms with Gasteiger partial charge in [-0.25, -0.2) is 0 Å². The fraction of sp³-hybridized carbons (Fsp3) is 0.278. The maximum Gasteiger partial charge on any atom is 0.293 e. The van der Waals surface area contributed by atoms with Gasteiger partial charge in [0.2, 0.25) is 0 Å². The van der Waals surface area contributed by atoms with Crippen LogP contribution in [0, 0.1) is 10.1 Å².